The Morgan fingerprint density at radius 3 is 1.92 bits per heavy atom. The monoisotopic (exact) mass is 329 g/mol. The lowest BCUT2D eigenvalue weighted by atomic mass is 9.64. The van der Waals surface area contributed by atoms with Crippen LogP contribution < -0.4 is 10.1 Å². The highest BCUT2D eigenvalue weighted by atomic mass is 16.5. The SMILES string of the molecule is c1ccc(Oc2ccc(NCC3(c4ccccc4)CCC3)cc2)cc1. The van der Waals surface area contributed by atoms with Crippen LogP contribution in [0.4, 0.5) is 5.69 Å². The van der Waals surface area contributed by atoms with E-state index in [0.717, 1.165) is 23.7 Å². The maximum absolute atomic E-state index is 5.85. The van der Waals surface area contributed by atoms with Crippen molar-refractivity contribution in [3.05, 3.63) is 90.5 Å². The molecule has 4 rings (SSSR count). The Morgan fingerprint density at radius 1 is 0.720 bits per heavy atom. The highest BCUT2D eigenvalue weighted by Crippen LogP contribution is 2.43. The number of hydrogen-bond donors (Lipinski definition) is 1. The topological polar surface area (TPSA) is 21.3 Å². The van der Waals surface area contributed by atoms with Crippen LogP contribution in [0.3, 0.4) is 0 Å². The Hall–Kier alpha value is -2.74. The van der Waals surface area contributed by atoms with Gasteiger partial charge in [-0.15, -0.1) is 0 Å². The fraction of sp³-hybridized carbons (Fsp3) is 0.217. The van der Waals surface area contributed by atoms with Crippen LogP contribution in [0.5, 0.6) is 11.5 Å². The van der Waals surface area contributed by atoms with Gasteiger partial charge in [0.2, 0.25) is 0 Å². The van der Waals surface area contributed by atoms with Gasteiger partial charge in [0.15, 0.2) is 0 Å². The lowest BCUT2D eigenvalue weighted by molar-refractivity contribution is 0.260. The molecular weight excluding hydrogens is 306 g/mol. The Morgan fingerprint density at radius 2 is 1.32 bits per heavy atom. The molecule has 1 aliphatic carbocycles. The summed E-state index contributed by atoms with van der Waals surface area (Å²) in [6.45, 7) is 0.982. The highest BCUT2D eigenvalue weighted by molar-refractivity contribution is 5.48. The molecular formula is C23H23NO. The summed E-state index contributed by atoms with van der Waals surface area (Å²) < 4.78 is 5.85. The van der Waals surface area contributed by atoms with E-state index in [-0.39, 0.29) is 0 Å². The third kappa shape index (κ3) is 3.53. The summed E-state index contributed by atoms with van der Waals surface area (Å²) in [7, 11) is 0. The van der Waals surface area contributed by atoms with Gasteiger partial charge in [0.1, 0.15) is 11.5 Å². The summed E-state index contributed by atoms with van der Waals surface area (Å²) in [6, 6.07) is 29.0. The van der Waals surface area contributed by atoms with E-state index in [1.165, 1.54) is 24.8 Å². The van der Waals surface area contributed by atoms with Crippen LogP contribution >= 0.6 is 0 Å². The van der Waals surface area contributed by atoms with Gasteiger partial charge in [-0.3, -0.25) is 0 Å². The lowest BCUT2D eigenvalue weighted by Crippen LogP contribution is -2.40. The van der Waals surface area contributed by atoms with Gasteiger partial charge in [-0.2, -0.15) is 0 Å². The molecule has 0 unspecified atom stereocenters. The standard InChI is InChI=1S/C23H23NO/c1-3-8-19(9-4-1)23(16-7-17-23)18-24-20-12-14-22(15-13-20)25-21-10-5-2-6-11-21/h1-6,8-15,24H,7,16-18H2. The lowest BCUT2D eigenvalue weighted by Gasteiger charge is -2.43. The zero-order valence-electron chi connectivity index (χ0n) is 14.3. The van der Waals surface area contributed by atoms with Crippen molar-refractivity contribution >= 4 is 5.69 Å². The summed E-state index contributed by atoms with van der Waals surface area (Å²) in [5.74, 6) is 1.72. The summed E-state index contributed by atoms with van der Waals surface area (Å²) in [6.07, 6.45) is 3.85. The van der Waals surface area contributed by atoms with Crippen molar-refractivity contribution in [2.75, 3.05) is 11.9 Å². The smallest absolute Gasteiger partial charge is 0.127 e. The summed E-state index contributed by atoms with van der Waals surface area (Å²) in [5.41, 5.74) is 2.89. The van der Waals surface area contributed by atoms with Gasteiger partial charge in [0.25, 0.3) is 0 Å². The number of para-hydroxylation sites is 1. The van der Waals surface area contributed by atoms with E-state index < -0.39 is 0 Å². The first-order valence-corrected chi connectivity index (χ1v) is 8.97. The first-order chi connectivity index (χ1) is 12.3. The second-order valence-electron chi connectivity index (χ2n) is 6.79. The summed E-state index contributed by atoms with van der Waals surface area (Å²) in [4.78, 5) is 0. The van der Waals surface area contributed by atoms with Gasteiger partial charge in [0, 0.05) is 17.6 Å². The highest BCUT2D eigenvalue weighted by Gasteiger charge is 2.38. The number of benzene rings is 3. The van der Waals surface area contributed by atoms with Gasteiger partial charge < -0.3 is 10.1 Å². The maximum atomic E-state index is 5.85. The number of nitrogens with one attached hydrogen (secondary N) is 1. The average molecular weight is 329 g/mol. The van der Waals surface area contributed by atoms with E-state index in [4.69, 9.17) is 4.74 Å². The average Bonchev–Trinajstić information content (AvgIpc) is 2.64. The number of hydrogen-bond acceptors (Lipinski definition) is 2. The minimum absolute atomic E-state index is 0.292. The quantitative estimate of drug-likeness (QED) is 0.597. The van der Waals surface area contributed by atoms with Crippen molar-refractivity contribution in [1.82, 2.24) is 0 Å². The third-order valence-electron chi connectivity index (χ3n) is 5.16. The van der Waals surface area contributed by atoms with E-state index in [2.05, 4.69) is 47.8 Å². The molecule has 3 aromatic rings. The summed E-state index contributed by atoms with van der Waals surface area (Å²) >= 11 is 0. The Labute approximate surface area is 149 Å². The molecule has 1 saturated carbocycles. The maximum Gasteiger partial charge on any atom is 0.127 e. The van der Waals surface area contributed by atoms with Crippen molar-refractivity contribution in [2.24, 2.45) is 0 Å². The largest absolute Gasteiger partial charge is 0.457 e. The van der Waals surface area contributed by atoms with Crippen LogP contribution in [0.2, 0.25) is 0 Å². The molecule has 0 spiro atoms. The molecule has 0 saturated heterocycles. The van der Waals surface area contributed by atoms with Gasteiger partial charge in [-0.1, -0.05) is 55.0 Å². The summed E-state index contributed by atoms with van der Waals surface area (Å²) in [5, 5.41) is 3.62. The van der Waals surface area contributed by atoms with Crippen LogP contribution in [0.15, 0.2) is 84.9 Å². The zero-order valence-corrected chi connectivity index (χ0v) is 14.3. The fourth-order valence-corrected chi connectivity index (χ4v) is 3.50. The molecule has 0 amide bonds. The molecule has 0 bridgehead atoms. The minimum atomic E-state index is 0.292. The van der Waals surface area contributed by atoms with Gasteiger partial charge in [-0.25, -0.2) is 0 Å². The second-order valence-corrected chi connectivity index (χ2v) is 6.79. The predicted molar refractivity (Wildman–Crippen MR) is 103 cm³/mol. The second kappa shape index (κ2) is 7.02. The van der Waals surface area contributed by atoms with Crippen LogP contribution in [0.25, 0.3) is 0 Å². The molecule has 1 fully saturated rings. The third-order valence-corrected chi connectivity index (χ3v) is 5.16. The normalized spacial score (nSPS) is 15.2. The molecule has 3 aromatic carbocycles. The van der Waals surface area contributed by atoms with Crippen LogP contribution in [-0.2, 0) is 5.41 Å². The van der Waals surface area contributed by atoms with Crippen molar-refractivity contribution in [3.63, 3.8) is 0 Å². The van der Waals surface area contributed by atoms with E-state index in [1.54, 1.807) is 0 Å². The van der Waals surface area contributed by atoms with Crippen molar-refractivity contribution in [1.29, 1.82) is 0 Å². The van der Waals surface area contributed by atoms with Crippen LogP contribution in [0, 0.1) is 0 Å². The fourth-order valence-electron chi connectivity index (χ4n) is 3.50. The van der Waals surface area contributed by atoms with Gasteiger partial charge >= 0.3 is 0 Å². The van der Waals surface area contributed by atoms with Crippen LogP contribution in [0.1, 0.15) is 24.8 Å². The van der Waals surface area contributed by atoms with Crippen molar-refractivity contribution < 1.29 is 4.74 Å². The Bertz CT molecular complexity index is 793. The molecule has 1 N–H and O–H groups in total. The first kappa shape index (κ1) is 15.8. The molecule has 0 aromatic heterocycles. The zero-order chi connectivity index (χ0) is 17.0. The number of ether oxygens (including phenoxy) is 1. The van der Waals surface area contributed by atoms with Crippen molar-refractivity contribution in [3.8, 4) is 11.5 Å². The van der Waals surface area contributed by atoms with E-state index in [0.29, 0.717) is 5.41 Å². The molecule has 1 aliphatic rings. The van der Waals surface area contributed by atoms with Crippen LogP contribution in [-0.4, -0.2) is 6.54 Å². The molecule has 0 atom stereocenters. The molecule has 2 heteroatoms. The predicted octanol–water partition coefficient (Wildman–Crippen LogP) is 6.01. The molecule has 0 radical (unpaired) electrons. The van der Waals surface area contributed by atoms with Gasteiger partial charge in [-0.05, 0) is 54.8 Å². The molecule has 25 heavy (non-hydrogen) atoms. The van der Waals surface area contributed by atoms with E-state index in [9.17, 15) is 0 Å². The van der Waals surface area contributed by atoms with Gasteiger partial charge in [0.05, 0.1) is 0 Å². The molecule has 2 nitrogen and oxygen atoms in total. The number of anilines is 1. The minimum Gasteiger partial charge on any atom is -0.457 e. The van der Waals surface area contributed by atoms with E-state index in [1.807, 2.05) is 42.5 Å². The molecule has 0 heterocycles. The molecule has 0 aliphatic heterocycles. The molecule has 126 valence electrons. The Kier molecular flexibility index (Phi) is 4.43. The van der Waals surface area contributed by atoms with E-state index >= 15 is 0 Å². The van der Waals surface area contributed by atoms with Crippen molar-refractivity contribution in [2.45, 2.75) is 24.7 Å². The first-order valence-electron chi connectivity index (χ1n) is 8.97. The number of rotatable bonds is 6. The Balaban J connectivity index is 1.40.